The molecule has 0 radical (unpaired) electrons. The molecule has 0 aromatic heterocycles. The number of carbonyl (C=O) groups excluding carboxylic acids is 2. The minimum absolute atomic E-state index is 0.0308. The normalized spacial score (nSPS) is 11.1. The molecule has 0 spiro atoms. The Labute approximate surface area is 209 Å². The molecule has 0 aliphatic carbocycles. The molecule has 0 fully saturated rings. The molecule has 186 valence electrons. The molecule has 3 rings (SSSR count). The van der Waals surface area contributed by atoms with Crippen molar-refractivity contribution in [1.82, 2.24) is 10.7 Å². The van der Waals surface area contributed by atoms with Gasteiger partial charge in [-0.3, -0.25) is 9.59 Å². The molecular weight excluding hydrogens is 462 g/mol. The van der Waals surface area contributed by atoms with Gasteiger partial charge in [0.1, 0.15) is 17.2 Å². The molecule has 2 amide bonds. The number of carbonyl (C=O) groups is 2. The molecule has 0 atom stereocenters. The number of hydrazone groups is 1. The minimum Gasteiger partial charge on any atom is -0.497 e. The quantitative estimate of drug-likeness (QED) is 0.256. The summed E-state index contributed by atoms with van der Waals surface area (Å²) < 4.78 is 21.1. The van der Waals surface area contributed by atoms with Gasteiger partial charge in [-0.15, -0.1) is 0 Å². The fourth-order valence-electron chi connectivity index (χ4n) is 3.19. The number of rotatable bonds is 10. The second-order valence-corrected chi connectivity index (χ2v) is 7.30. The second-order valence-electron chi connectivity index (χ2n) is 7.30. The molecule has 0 heterocycles. The highest BCUT2D eigenvalue weighted by atomic mass is 16.5. The van der Waals surface area contributed by atoms with E-state index in [0.717, 1.165) is 0 Å². The van der Waals surface area contributed by atoms with Gasteiger partial charge >= 0.3 is 0 Å². The maximum atomic E-state index is 13.0. The van der Waals surface area contributed by atoms with Crippen molar-refractivity contribution in [1.29, 1.82) is 0 Å². The largest absolute Gasteiger partial charge is 0.497 e. The van der Waals surface area contributed by atoms with Gasteiger partial charge in [-0.2, -0.15) is 5.10 Å². The number of amides is 2. The van der Waals surface area contributed by atoms with E-state index < -0.39 is 11.8 Å². The lowest BCUT2D eigenvalue weighted by atomic mass is 10.1. The van der Waals surface area contributed by atoms with Crippen LogP contribution in [-0.2, 0) is 4.79 Å². The van der Waals surface area contributed by atoms with Gasteiger partial charge in [-0.05, 0) is 54.1 Å². The van der Waals surface area contributed by atoms with Crippen LogP contribution in [0.3, 0.4) is 0 Å². The number of methoxy groups -OCH3 is 4. The van der Waals surface area contributed by atoms with E-state index in [1.165, 1.54) is 26.5 Å². The molecule has 0 saturated carbocycles. The number of benzene rings is 3. The van der Waals surface area contributed by atoms with E-state index in [-0.39, 0.29) is 5.70 Å². The van der Waals surface area contributed by atoms with Crippen LogP contribution in [0.4, 0.5) is 0 Å². The van der Waals surface area contributed by atoms with Gasteiger partial charge in [0.2, 0.25) is 0 Å². The van der Waals surface area contributed by atoms with Crippen LogP contribution >= 0.6 is 0 Å². The van der Waals surface area contributed by atoms with Gasteiger partial charge in [-0.1, -0.05) is 18.2 Å². The first-order valence-electron chi connectivity index (χ1n) is 10.8. The predicted octanol–water partition coefficient (Wildman–Crippen LogP) is 3.64. The van der Waals surface area contributed by atoms with Crippen molar-refractivity contribution < 1.29 is 28.5 Å². The number of nitrogens with zero attached hydrogens (tertiary/aromatic N) is 1. The van der Waals surface area contributed by atoms with Crippen LogP contribution in [0.5, 0.6) is 23.0 Å². The summed E-state index contributed by atoms with van der Waals surface area (Å²) in [6.07, 6.45) is 2.95. The van der Waals surface area contributed by atoms with E-state index in [2.05, 4.69) is 15.8 Å². The average molecular weight is 490 g/mol. The summed E-state index contributed by atoms with van der Waals surface area (Å²) in [5, 5.41) is 6.68. The number of nitrogens with one attached hydrogen (secondary N) is 2. The SMILES string of the molecule is COc1ccc(/C=C(/NC(=O)c2ccccc2)C(=O)N/N=C/c2ccc(OC)c(OC)c2)c(OC)c1. The molecule has 0 saturated heterocycles. The van der Waals surface area contributed by atoms with Crippen molar-refractivity contribution in [3.63, 3.8) is 0 Å². The Balaban J connectivity index is 1.87. The highest BCUT2D eigenvalue weighted by molar-refractivity contribution is 6.05. The van der Waals surface area contributed by atoms with Crippen LogP contribution in [0.1, 0.15) is 21.5 Å². The molecule has 2 N–H and O–H groups in total. The first-order chi connectivity index (χ1) is 17.5. The van der Waals surface area contributed by atoms with Crippen LogP contribution in [0.15, 0.2) is 77.5 Å². The zero-order chi connectivity index (χ0) is 25.9. The zero-order valence-corrected chi connectivity index (χ0v) is 20.4. The molecule has 0 unspecified atom stereocenters. The van der Waals surface area contributed by atoms with Crippen molar-refractivity contribution in [2.75, 3.05) is 28.4 Å². The summed E-state index contributed by atoms with van der Waals surface area (Å²) in [7, 11) is 6.11. The highest BCUT2D eigenvalue weighted by Gasteiger charge is 2.16. The predicted molar refractivity (Wildman–Crippen MR) is 137 cm³/mol. The third-order valence-electron chi connectivity index (χ3n) is 5.06. The lowest BCUT2D eigenvalue weighted by Gasteiger charge is -2.12. The number of hydrogen-bond donors (Lipinski definition) is 2. The maximum Gasteiger partial charge on any atom is 0.287 e. The van der Waals surface area contributed by atoms with Crippen molar-refractivity contribution in [2.45, 2.75) is 0 Å². The average Bonchev–Trinajstić information content (AvgIpc) is 2.92. The molecule has 3 aromatic rings. The number of hydrogen-bond acceptors (Lipinski definition) is 7. The zero-order valence-electron chi connectivity index (χ0n) is 20.4. The second kappa shape index (κ2) is 12.6. The summed E-state index contributed by atoms with van der Waals surface area (Å²) in [5.74, 6) is 1.06. The van der Waals surface area contributed by atoms with Crippen molar-refractivity contribution in [3.05, 3.63) is 89.1 Å². The topological polar surface area (TPSA) is 107 Å². The standard InChI is InChI=1S/C27H27N3O6/c1-33-21-12-11-20(24(16-21)35-3)15-22(29-26(31)19-8-6-5-7-9-19)27(32)30-28-17-18-10-13-23(34-2)25(14-18)36-4/h5-17H,1-4H3,(H,29,31)(H,30,32)/b22-15+,28-17+. The fraction of sp³-hybridized carbons (Fsp3) is 0.148. The molecule has 9 nitrogen and oxygen atoms in total. The van der Waals surface area contributed by atoms with Crippen molar-refractivity contribution in [2.24, 2.45) is 5.10 Å². The Hall–Kier alpha value is -4.79. The third kappa shape index (κ3) is 6.63. The highest BCUT2D eigenvalue weighted by Crippen LogP contribution is 2.27. The van der Waals surface area contributed by atoms with Gasteiger partial charge in [0.15, 0.2) is 11.5 Å². The molecular formula is C27H27N3O6. The van der Waals surface area contributed by atoms with Gasteiger partial charge in [0.25, 0.3) is 11.8 Å². The Morgan fingerprint density at radius 3 is 2.17 bits per heavy atom. The van der Waals surface area contributed by atoms with Gasteiger partial charge in [0, 0.05) is 17.2 Å². The lowest BCUT2D eigenvalue weighted by molar-refractivity contribution is -0.117. The third-order valence-corrected chi connectivity index (χ3v) is 5.06. The lowest BCUT2D eigenvalue weighted by Crippen LogP contribution is -2.32. The van der Waals surface area contributed by atoms with E-state index >= 15 is 0 Å². The monoisotopic (exact) mass is 489 g/mol. The van der Waals surface area contributed by atoms with Crippen LogP contribution < -0.4 is 29.7 Å². The van der Waals surface area contributed by atoms with Crippen LogP contribution in [0.25, 0.3) is 6.08 Å². The number of ether oxygens (including phenoxy) is 4. The van der Waals surface area contributed by atoms with E-state index in [1.54, 1.807) is 80.9 Å². The molecule has 0 aliphatic heterocycles. The van der Waals surface area contributed by atoms with Crippen molar-refractivity contribution >= 4 is 24.1 Å². The molecule has 0 bridgehead atoms. The van der Waals surface area contributed by atoms with Gasteiger partial charge < -0.3 is 24.3 Å². The summed E-state index contributed by atoms with van der Waals surface area (Å²) in [4.78, 5) is 25.8. The fourth-order valence-corrected chi connectivity index (χ4v) is 3.19. The Kier molecular flexibility index (Phi) is 9.05. The smallest absolute Gasteiger partial charge is 0.287 e. The minimum atomic E-state index is -0.631. The summed E-state index contributed by atoms with van der Waals surface area (Å²) in [6.45, 7) is 0. The van der Waals surface area contributed by atoms with Gasteiger partial charge in [-0.25, -0.2) is 5.43 Å². The summed E-state index contributed by atoms with van der Waals surface area (Å²) >= 11 is 0. The summed E-state index contributed by atoms with van der Waals surface area (Å²) in [5.41, 5.74) is 4.03. The molecule has 3 aromatic carbocycles. The maximum absolute atomic E-state index is 13.0. The van der Waals surface area contributed by atoms with Crippen LogP contribution in [0, 0.1) is 0 Å². The van der Waals surface area contributed by atoms with Gasteiger partial charge in [0.05, 0.1) is 34.7 Å². The van der Waals surface area contributed by atoms with Crippen LogP contribution in [-0.4, -0.2) is 46.5 Å². The van der Waals surface area contributed by atoms with Crippen LogP contribution in [0.2, 0.25) is 0 Å². The summed E-state index contributed by atoms with van der Waals surface area (Å²) in [6, 6.07) is 18.9. The van der Waals surface area contributed by atoms with E-state index in [0.29, 0.717) is 39.7 Å². The van der Waals surface area contributed by atoms with E-state index in [1.807, 2.05) is 0 Å². The Morgan fingerprint density at radius 2 is 1.50 bits per heavy atom. The molecule has 9 heteroatoms. The first kappa shape index (κ1) is 25.8. The Morgan fingerprint density at radius 1 is 0.778 bits per heavy atom. The Bertz CT molecular complexity index is 1270. The van der Waals surface area contributed by atoms with E-state index in [9.17, 15) is 9.59 Å². The van der Waals surface area contributed by atoms with E-state index in [4.69, 9.17) is 18.9 Å². The van der Waals surface area contributed by atoms with Crippen molar-refractivity contribution in [3.8, 4) is 23.0 Å². The first-order valence-corrected chi connectivity index (χ1v) is 10.8. The molecule has 36 heavy (non-hydrogen) atoms. The molecule has 0 aliphatic rings.